The molecule has 0 radical (unpaired) electrons. The van der Waals surface area contributed by atoms with Crippen LogP contribution >= 0.6 is 15.9 Å². The molecule has 0 aliphatic carbocycles. The molecule has 0 aliphatic heterocycles. The second kappa shape index (κ2) is 6.29. The molecule has 0 unspecified atom stereocenters. The summed E-state index contributed by atoms with van der Waals surface area (Å²) in [5.74, 6) is -0.353. The zero-order chi connectivity index (χ0) is 17.3. The highest BCUT2D eigenvalue weighted by Gasteiger charge is 2.19. The quantitative estimate of drug-likeness (QED) is 0.694. The topological polar surface area (TPSA) is 106 Å². The normalized spacial score (nSPS) is 10.5. The monoisotopic (exact) mass is 385 g/mol. The molecule has 7 nitrogen and oxygen atoms in total. The van der Waals surface area contributed by atoms with Crippen LogP contribution in [-0.2, 0) is 4.74 Å². The number of hydrogen-bond acceptors (Lipinski definition) is 6. The number of nitriles is 1. The summed E-state index contributed by atoms with van der Waals surface area (Å²) in [7, 11) is 0. The Labute approximate surface area is 145 Å². The van der Waals surface area contributed by atoms with Gasteiger partial charge in [0.25, 0.3) is 0 Å². The maximum absolute atomic E-state index is 11.9. The third kappa shape index (κ3) is 2.70. The fourth-order valence-electron chi connectivity index (χ4n) is 2.26. The molecule has 0 aliphatic rings. The standard InChI is InChI=1S/C16H12BrN5O2/c1-2-24-15(23)11-8-22-14(20-11)12(17)13(21-16(22)19)10-5-3-4-9(6-10)7-18/h3-6,8H,2H2,1H3,(H2,19,21). The first-order valence-corrected chi connectivity index (χ1v) is 7.86. The fraction of sp³-hybridized carbons (Fsp3) is 0.125. The van der Waals surface area contributed by atoms with Gasteiger partial charge in [0.1, 0.15) is 0 Å². The summed E-state index contributed by atoms with van der Waals surface area (Å²) in [5.41, 5.74) is 8.36. The number of rotatable bonds is 3. The number of nitrogens with two attached hydrogens (primary N) is 1. The third-order valence-electron chi connectivity index (χ3n) is 3.33. The zero-order valence-corrected chi connectivity index (χ0v) is 14.2. The lowest BCUT2D eigenvalue weighted by Gasteiger charge is -2.08. The van der Waals surface area contributed by atoms with Crippen LogP contribution in [0, 0.1) is 11.3 Å². The van der Waals surface area contributed by atoms with Crippen LogP contribution in [-0.4, -0.2) is 26.9 Å². The summed E-state index contributed by atoms with van der Waals surface area (Å²) in [6.45, 7) is 1.98. The van der Waals surface area contributed by atoms with Gasteiger partial charge in [-0.3, -0.25) is 4.40 Å². The predicted molar refractivity (Wildman–Crippen MR) is 91.2 cm³/mol. The molecular weight excluding hydrogens is 374 g/mol. The largest absolute Gasteiger partial charge is 0.461 e. The smallest absolute Gasteiger partial charge is 0.358 e. The summed E-state index contributed by atoms with van der Waals surface area (Å²) in [6.07, 6.45) is 1.48. The van der Waals surface area contributed by atoms with Gasteiger partial charge in [0.2, 0.25) is 5.95 Å². The lowest BCUT2D eigenvalue weighted by Crippen LogP contribution is -2.04. The number of carbonyl (C=O) groups excluding carboxylic acids is 1. The molecule has 0 saturated heterocycles. The highest BCUT2D eigenvalue weighted by atomic mass is 79.9. The van der Waals surface area contributed by atoms with Crippen LogP contribution in [0.2, 0.25) is 0 Å². The third-order valence-corrected chi connectivity index (χ3v) is 4.06. The van der Waals surface area contributed by atoms with Crippen molar-refractivity contribution >= 4 is 33.5 Å². The molecule has 2 heterocycles. The van der Waals surface area contributed by atoms with Crippen LogP contribution in [0.5, 0.6) is 0 Å². The molecule has 120 valence electrons. The van der Waals surface area contributed by atoms with E-state index in [0.29, 0.717) is 21.4 Å². The Morgan fingerprint density at radius 2 is 2.25 bits per heavy atom. The second-order valence-electron chi connectivity index (χ2n) is 4.87. The van der Waals surface area contributed by atoms with Crippen molar-refractivity contribution in [2.24, 2.45) is 0 Å². The number of benzene rings is 1. The average Bonchev–Trinajstić information content (AvgIpc) is 3.05. The second-order valence-corrected chi connectivity index (χ2v) is 5.66. The highest BCUT2D eigenvalue weighted by molar-refractivity contribution is 9.10. The average molecular weight is 386 g/mol. The minimum absolute atomic E-state index is 0.147. The molecule has 8 heteroatoms. The van der Waals surface area contributed by atoms with Gasteiger partial charge < -0.3 is 10.5 Å². The summed E-state index contributed by atoms with van der Waals surface area (Å²) in [5, 5.41) is 9.04. The first kappa shape index (κ1) is 16.0. The van der Waals surface area contributed by atoms with Crippen LogP contribution in [0.25, 0.3) is 16.9 Å². The number of ether oxygens (including phenoxy) is 1. The molecule has 3 aromatic rings. The number of carbonyl (C=O) groups is 1. The van der Waals surface area contributed by atoms with Gasteiger partial charge in [-0.2, -0.15) is 5.26 Å². The van der Waals surface area contributed by atoms with E-state index in [9.17, 15) is 4.79 Å². The Hall–Kier alpha value is -2.92. The van der Waals surface area contributed by atoms with Crippen molar-refractivity contribution < 1.29 is 9.53 Å². The number of halogens is 1. The molecule has 1 aromatic carbocycles. The first-order valence-electron chi connectivity index (χ1n) is 7.07. The van der Waals surface area contributed by atoms with Gasteiger partial charge in [-0.25, -0.2) is 14.8 Å². The van der Waals surface area contributed by atoms with Gasteiger partial charge in [-0.15, -0.1) is 0 Å². The van der Waals surface area contributed by atoms with Crippen molar-refractivity contribution in [3.63, 3.8) is 0 Å². The van der Waals surface area contributed by atoms with Gasteiger partial charge in [0, 0.05) is 11.8 Å². The Balaban J connectivity index is 2.19. The number of fused-ring (bicyclic) bond motifs is 1. The van der Waals surface area contributed by atoms with Crippen LogP contribution in [0.15, 0.2) is 34.9 Å². The van der Waals surface area contributed by atoms with Crippen molar-refractivity contribution in [3.05, 3.63) is 46.2 Å². The Kier molecular flexibility index (Phi) is 4.18. The van der Waals surface area contributed by atoms with Crippen molar-refractivity contribution in [2.45, 2.75) is 6.92 Å². The van der Waals surface area contributed by atoms with E-state index in [0.717, 1.165) is 5.56 Å². The Morgan fingerprint density at radius 3 is 2.96 bits per heavy atom. The summed E-state index contributed by atoms with van der Waals surface area (Å²) >= 11 is 3.46. The molecule has 0 bridgehead atoms. The van der Waals surface area contributed by atoms with E-state index in [-0.39, 0.29) is 18.2 Å². The van der Waals surface area contributed by atoms with E-state index < -0.39 is 5.97 Å². The first-order chi connectivity index (χ1) is 11.5. The molecule has 2 N–H and O–H groups in total. The van der Waals surface area contributed by atoms with E-state index in [1.807, 2.05) is 6.07 Å². The number of aromatic nitrogens is 3. The van der Waals surface area contributed by atoms with Crippen LogP contribution in [0.1, 0.15) is 23.0 Å². The van der Waals surface area contributed by atoms with Crippen molar-refractivity contribution in [2.75, 3.05) is 12.3 Å². The summed E-state index contributed by atoms with van der Waals surface area (Å²) < 4.78 is 7.03. The maximum atomic E-state index is 11.9. The summed E-state index contributed by atoms with van der Waals surface area (Å²) in [6, 6.07) is 9.07. The van der Waals surface area contributed by atoms with Crippen molar-refractivity contribution in [1.29, 1.82) is 5.26 Å². The SMILES string of the molecule is CCOC(=O)c1cn2c(N)nc(-c3cccc(C#N)c3)c(Br)c2n1. The Bertz CT molecular complexity index is 990. The maximum Gasteiger partial charge on any atom is 0.358 e. The molecule has 24 heavy (non-hydrogen) atoms. The highest BCUT2D eigenvalue weighted by Crippen LogP contribution is 2.31. The van der Waals surface area contributed by atoms with Crippen molar-refractivity contribution in [1.82, 2.24) is 14.4 Å². The zero-order valence-electron chi connectivity index (χ0n) is 12.7. The minimum atomic E-state index is -0.527. The van der Waals surface area contributed by atoms with Gasteiger partial charge >= 0.3 is 5.97 Å². The molecule has 0 spiro atoms. The van der Waals surface area contributed by atoms with Crippen LogP contribution in [0.3, 0.4) is 0 Å². The summed E-state index contributed by atoms with van der Waals surface area (Å²) in [4.78, 5) is 20.5. The number of nitrogen functional groups attached to an aromatic ring is 1. The van der Waals surface area contributed by atoms with E-state index in [2.05, 4.69) is 32.0 Å². The van der Waals surface area contributed by atoms with E-state index in [1.54, 1.807) is 25.1 Å². The van der Waals surface area contributed by atoms with Crippen molar-refractivity contribution in [3.8, 4) is 17.3 Å². The molecule has 3 rings (SSSR count). The number of anilines is 1. The van der Waals surface area contributed by atoms with Gasteiger partial charge in [-0.1, -0.05) is 12.1 Å². The number of hydrogen-bond donors (Lipinski definition) is 1. The minimum Gasteiger partial charge on any atom is -0.461 e. The van der Waals surface area contributed by atoms with Crippen LogP contribution < -0.4 is 5.73 Å². The van der Waals surface area contributed by atoms with E-state index in [4.69, 9.17) is 15.7 Å². The molecular formula is C16H12BrN5O2. The molecule has 0 fully saturated rings. The molecule has 2 aromatic heterocycles. The van der Waals surface area contributed by atoms with E-state index >= 15 is 0 Å². The number of nitrogens with zero attached hydrogens (tertiary/aromatic N) is 4. The molecule has 0 atom stereocenters. The lowest BCUT2D eigenvalue weighted by molar-refractivity contribution is 0.0520. The van der Waals surface area contributed by atoms with Gasteiger partial charge in [0.15, 0.2) is 11.3 Å². The van der Waals surface area contributed by atoms with Gasteiger partial charge in [-0.05, 0) is 35.0 Å². The number of esters is 1. The lowest BCUT2D eigenvalue weighted by atomic mass is 10.1. The molecule has 0 saturated carbocycles. The molecule has 0 amide bonds. The predicted octanol–water partition coefficient (Wildman–Crippen LogP) is 2.79. The fourth-order valence-corrected chi connectivity index (χ4v) is 2.86. The Morgan fingerprint density at radius 1 is 1.46 bits per heavy atom. The number of imidazole rings is 1. The van der Waals surface area contributed by atoms with E-state index in [1.165, 1.54) is 10.6 Å². The van der Waals surface area contributed by atoms with Gasteiger partial charge in [0.05, 0.1) is 28.4 Å². The van der Waals surface area contributed by atoms with Crippen LogP contribution in [0.4, 0.5) is 5.95 Å².